The zero-order valence-electron chi connectivity index (χ0n) is 17.7. The molecule has 5 nitrogen and oxygen atoms in total. The lowest BCUT2D eigenvalue weighted by Crippen LogP contribution is -2.21. The zero-order valence-corrected chi connectivity index (χ0v) is 17.7. The van der Waals surface area contributed by atoms with E-state index in [2.05, 4.69) is 59.8 Å². The lowest BCUT2D eigenvalue weighted by Gasteiger charge is -2.17. The molecule has 0 fully saturated rings. The molecule has 3 rings (SSSR count). The van der Waals surface area contributed by atoms with Crippen molar-refractivity contribution in [1.29, 1.82) is 0 Å². The highest BCUT2D eigenvalue weighted by Crippen LogP contribution is 2.26. The lowest BCUT2D eigenvalue weighted by molar-refractivity contribution is -0.192. The predicted octanol–water partition coefficient (Wildman–Crippen LogP) is 5.38. The van der Waals surface area contributed by atoms with E-state index in [1.807, 2.05) is 0 Å². The smallest absolute Gasteiger partial charge is 0.475 e. The second kappa shape index (κ2) is 10.6. The summed E-state index contributed by atoms with van der Waals surface area (Å²) in [6.45, 7) is 7.87. The summed E-state index contributed by atoms with van der Waals surface area (Å²) in [7, 11) is 0. The molecule has 1 aliphatic heterocycles. The third kappa shape index (κ3) is 6.85. The number of carboxylic acids is 1. The molecule has 0 bridgehead atoms. The van der Waals surface area contributed by atoms with E-state index in [-0.39, 0.29) is 0 Å². The van der Waals surface area contributed by atoms with E-state index in [1.54, 1.807) is 0 Å². The Kier molecular flexibility index (Phi) is 8.43. The Bertz CT molecular complexity index is 814. The molecule has 0 radical (unpaired) electrons. The van der Waals surface area contributed by atoms with E-state index in [0.29, 0.717) is 11.8 Å². The lowest BCUT2D eigenvalue weighted by atomic mass is 9.96. The van der Waals surface area contributed by atoms with Crippen LogP contribution in [0.5, 0.6) is 0 Å². The fraction of sp³-hybridized carbons (Fsp3) is 0.591. The number of benzene rings is 1. The van der Waals surface area contributed by atoms with Gasteiger partial charge in [0.15, 0.2) is 0 Å². The number of nitrogens with zero attached hydrogens (tertiary/aromatic N) is 3. The summed E-state index contributed by atoms with van der Waals surface area (Å²) in [5.74, 6) is 0.576. The number of aliphatic carboxylic acids is 1. The van der Waals surface area contributed by atoms with Crippen LogP contribution in [0.15, 0.2) is 24.3 Å². The largest absolute Gasteiger partial charge is 0.490 e. The number of aryl methyl sites for hydroxylation is 1. The molecule has 1 unspecified atom stereocenters. The van der Waals surface area contributed by atoms with Crippen LogP contribution in [0.2, 0.25) is 0 Å². The minimum absolute atomic E-state index is 0.309. The maximum absolute atomic E-state index is 10.6. The van der Waals surface area contributed by atoms with Gasteiger partial charge in [0.2, 0.25) is 0 Å². The number of carboxylic acid groups (broad SMARTS) is 1. The van der Waals surface area contributed by atoms with Crippen molar-refractivity contribution in [2.24, 2.45) is 5.92 Å². The second-order valence-electron chi connectivity index (χ2n) is 8.15. The molecule has 0 amide bonds. The summed E-state index contributed by atoms with van der Waals surface area (Å²) >= 11 is 0. The molecule has 0 saturated carbocycles. The molecule has 2 heterocycles. The molecule has 2 aromatic rings. The van der Waals surface area contributed by atoms with Crippen LogP contribution in [0.1, 0.15) is 75.1 Å². The van der Waals surface area contributed by atoms with Crippen LogP contribution in [0, 0.1) is 5.92 Å². The highest BCUT2D eigenvalue weighted by Gasteiger charge is 2.38. The molecule has 1 N–H and O–H groups in total. The van der Waals surface area contributed by atoms with Gasteiger partial charge in [0, 0.05) is 18.9 Å². The van der Waals surface area contributed by atoms with Crippen molar-refractivity contribution in [1.82, 2.24) is 14.8 Å². The Hall–Kier alpha value is -2.38. The minimum Gasteiger partial charge on any atom is -0.475 e. The van der Waals surface area contributed by atoms with Gasteiger partial charge >= 0.3 is 12.1 Å². The van der Waals surface area contributed by atoms with Crippen molar-refractivity contribution in [3.8, 4) is 0 Å². The van der Waals surface area contributed by atoms with Crippen LogP contribution in [-0.4, -0.2) is 32.0 Å². The fourth-order valence-corrected chi connectivity index (χ4v) is 3.57. The Balaban J connectivity index is 0.000000396. The molecule has 0 aliphatic carbocycles. The van der Waals surface area contributed by atoms with Crippen LogP contribution in [-0.2, 0) is 24.2 Å². The van der Waals surface area contributed by atoms with Gasteiger partial charge in [0.1, 0.15) is 11.6 Å². The molecule has 1 aromatic carbocycles. The third-order valence-corrected chi connectivity index (χ3v) is 5.14. The molecule has 166 valence electrons. The summed E-state index contributed by atoms with van der Waals surface area (Å²) < 4.78 is 34.1. The van der Waals surface area contributed by atoms with Crippen LogP contribution >= 0.6 is 0 Å². The fourth-order valence-electron chi connectivity index (χ4n) is 3.57. The van der Waals surface area contributed by atoms with Gasteiger partial charge in [-0.1, -0.05) is 57.9 Å². The second-order valence-corrected chi connectivity index (χ2v) is 8.15. The molecule has 1 atom stereocenters. The number of halogens is 3. The molecule has 1 aliphatic rings. The Labute approximate surface area is 175 Å². The molecular weight excluding hydrogens is 395 g/mol. The van der Waals surface area contributed by atoms with E-state index in [4.69, 9.17) is 9.90 Å². The van der Waals surface area contributed by atoms with Crippen molar-refractivity contribution in [3.63, 3.8) is 0 Å². The third-order valence-electron chi connectivity index (χ3n) is 5.14. The molecular formula is C22H30F3N3O2. The van der Waals surface area contributed by atoms with E-state index in [0.717, 1.165) is 25.2 Å². The van der Waals surface area contributed by atoms with Gasteiger partial charge in [-0.2, -0.15) is 13.2 Å². The van der Waals surface area contributed by atoms with Gasteiger partial charge < -0.3 is 9.67 Å². The Morgan fingerprint density at radius 3 is 2.23 bits per heavy atom. The van der Waals surface area contributed by atoms with Gasteiger partial charge in [-0.3, -0.25) is 0 Å². The first-order valence-electron chi connectivity index (χ1n) is 10.4. The SMILES string of the molecule is CC(C)Cc1ccc(C(C)c2nnc3n2CCCCCC3)cc1.O=C(O)C(F)(F)F. The van der Waals surface area contributed by atoms with Gasteiger partial charge in [0.05, 0.1) is 0 Å². The maximum atomic E-state index is 10.6. The summed E-state index contributed by atoms with van der Waals surface area (Å²) in [5.41, 5.74) is 2.77. The molecule has 0 spiro atoms. The molecule has 8 heteroatoms. The molecule has 0 saturated heterocycles. The number of carbonyl (C=O) groups is 1. The van der Waals surface area contributed by atoms with Gasteiger partial charge in [0.25, 0.3) is 0 Å². The zero-order chi connectivity index (χ0) is 22.3. The first kappa shape index (κ1) is 23.9. The van der Waals surface area contributed by atoms with Gasteiger partial charge in [-0.15, -0.1) is 10.2 Å². The van der Waals surface area contributed by atoms with Crippen LogP contribution < -0.4 is 0 Å². The monoisotopic (exact) mass is 425 g/mol. The standard InChI is InChI=1S/C20H29N3.C2HF3O2/c1-15(2)14-17-9-11-18(12-10-17)16(3)20-22-21-19-8-6-4-5-7-13-23(19)20;3-2(4,5)1(6)7/h9-12,15-16H,4-8,13-14H2,1-3H3;(H,6,7). The van der Waals surface area contributed by atoms with E-state index in [1.165, 1.54) is 42.6 Å². The van der Waals surface area contributed by atoms with Crippen LogP contribution in [0.4, 0.5) is 13.2 Å². The summed E-state index contributed by atoms with van der Waals surface area (Å²) in [6.07, 6.45) is 2.29. The average molecular weight is 425 g/mol. The number of aromatic nitrogens is 3. The average Bonchev–Trinajstić information content (AvgIpc) is 3.02. The van der Waals surface area contributed by atoms with Crippen LogP contribution in [0.25, 0.3) is 0 Å². The molecule has 1 aromatic heterocycles. The number of alkyl halides is 3. The van der Waals surface area contributed by atoms with Crippen molar-refractivity contribution in [2.45, 2.75) is 77.9 Å². The van der Waals surface area contributed by atoms with Gasteiger partial charge in [-0.05, 0) is 36.3 Å². The van der Waals surface area contributed by atoms with E-state index < -0.39 is 12.1 Å². The highest BCUT2D eigenvalue weighted by atomic mass is 19.4. The van der Waals surface area contributed by atoms with E-state index in [9.17, 15) is 13.2 Å². The first-order chi connectivity index (χ1) is 14.1. The van der Waals surface area contributed by atoms with Crippen molar-refractivity contribution in [2.75, 3.05) is 0 Å². The number of hydrogen-bond acceptors (Lipinski definition) is 3. The highest BCUT2D eigenvalue weighted by molar-refractivity contribution is 5.73. The first-order valence-corrected chi connectivity index (χ1v) is 10.4. The quantitative estimate of drug-likeness (QED) is 0.714. The Morgan fingerprint density at radius 2 is 1.67 bits per heavy atom. The predicted molar refractivity (Wildman–Crippen MR) is 108 cm³/mol. The Morgan fingerprint density at radius 1 is 1.07 bits per heavy atom. The van der Waals surface area contributed by atoms with Crippen molar-refractivity contribution in [3.05, 3.63) is 47.0 Å². The number of hydrogen-bond donors (Lipinski definition) is 1. The topological polar surface area (TPSA) is 68.0 Å². The van der Waals surface area contributed by atoms with Gasteiger partial charge in [-0.25, -0.2) is 4.79 Å². The van der Waals surface area contributed by atoms with Crippen molar-refractivity contribution >= 4 is 5.97 Å². The summed E-state index contributed by atoms with van der Waals surface area (Å²) in [5, 5.41) is 16.1. The van der Waals surface area contributed by atoms with Crippen LogP contribution in [0.3, 0.4) is 0 Å². The summed E-state index contributed by atoms with van der Waals surface area (Å²) in [4.78, 5) is 8.90. The maximum Gasteiger partial charge on any atom is 0.490 e. The molecule has 30 heavy (non-hydrogen) atoms. The number of rotatable bonds is 4. The van der Waals surface area contributed by atoms with Crippen molar-refractivity contribution < 1.29 is 23.1 Å². The normalized spacial score (nSPS) is 15.4. The minimum atomic E-state index is -5.08. The van der Waals surface area contributed by atoms with E-state index >= 15 is 0 Å². The number of fused-ring (bicyclic) bond motifs is 1. The summed E-state index contributed by atoms with van der Waals surface area (Å²) in [6, 6.07) is 9.09.